The Kier molecular flexibility index (Phi) is 12.3. The number of rotatable bonds is 17. The fourth-order valence-electron chi connectivity index (χ4n) is 8.52. The van der Waals surface area contributed by atoms with Crippen LogP contribution in [-0.2, 0) is 34.8 Å². The number of aromatic nitrogens is 4. The van der Waals surface area contributed by atoms with Gasteiger partial charge in [-0.1, -0.05) is 164 Å². The first-order valence-electron chi connectivity index (χ1n) is 21.0. The van der Waals surface area contributed by atoms with Crippen molar-refractivity contribution in [2.24, 2.45) is 5.92 Å². The zero-order valence-electron chi connectivity index (χ0n) is 34.5. The Morgan fingerprint density at radius 3 is 1.76 bits per heavy atom. The Bertz CT molecular complexity index is 2590. The van der Waals surface area contributed by atoms with Crippen LogP contribution in [0.25, 0.3) is 11.2 Å². The average molecular weight is 824 g/mol. The molecule has 0 aliphatic heterocycles. The first-order valence-corrected chi connectivity index (χ1v) is 21.0. The van der Waals surface area contributed by atoms with Crippen LogP contribution in [0.3, 0.4) is 0 Å². The predicted molar refractivity (Wildman–Crippen MR) is 240 cm³/mol. The van der Waals surface area contributed by atoms with Gasteiger partial charge in [0.1, 0.15) is 17.9 Å². The van der Waals surface area contributed by atoms with Crippen molar-refractivity contribution in [1.29, 1.82) is 0 Å². The van der Waals surface area contributed by atoms with E-state index in [0.29, 0.717) is 49.2 Å². The SMILES string of the molecule is COc1ccc(C(Nc2nc(OCc3ccccc3)c3ncn(C4CC(OCc5ccccc5)C(COCc5ccccc5)C4O)c3n2)(c2ccccc2)c2ccccc2)cc1. The molecular weight excluding hydrogens is 775 g/mol. The molecule has 0 saturated heterocycles. The molecule has 10 nitrogen and oxygen atoms in total. The van der Waals surface area contributed by atoms with Crippen molar-refractivity contribution in [2.45, 2.75) is 50.0 Å². The molecule has 0 amide bonds. The molecule has 2 aromatic heterocycles. The van der Waals surface area contributed by atoms with E-state index >= 15 is 0 Å². The Hall–Kier alpha value is -6.85. The molecule has 312 valence electrons. The largest absolute Gasteiger partial charge is 0.497 e. The Morgan fingerprint density at radius 1 is 0.645 bits per heavy atom. The van der Waals surface area contributed by atoms with Crippen molar-refractivity contribution in [3.05, 3.63) is 216 Å². The Morgan fingerprint density at radius 2 is 1.18 bits per heavy atom. The van der Waals surface area contributed by atoms with Crippen LogP contribution in [0, 0.1) is 5.92 Å². The molecule has 6 aromatic carbocycles. The summed E-state index contributed by atoms with van der Waals surface area (Å²) in [4.78, 5) is 15.2. The molecule has 0 bridgehead atoms. The summed E-state index contributed by atoms with van der Waals surface area (Å²) in [6.07, 6.45) is 1.10. The number of methoxy groups -OCH3 is 1. The highest BCUT2D eigenvalue weighted by atomic mass is 16.5. The van der Waals surface area contributed by atoms with E-state index in [0.717, 1.165) is 39.1 Å². The minimum absolute atomic E-state index is 0.266. The number of aliphatic hydroxyl groups is 1. The van der Waals surface area contributed by atoms with E-state index in [1.807, 2.05) is 144 Å². The summed E-state index contributed by atoms with van der Waals surface area (Å²) in [6, 6.07) is 58.3. The number of anilines is 1. The summed E-state index contributed by atoms with van der Waals surface area (Å²) < 4.78 is 27.0. The lowest BCUT2D eigenvalue weighted by atomic mass is 9.77. The fourth-order valence-corrected chi connectivity index (χ4v) is 8.52. The number of imidazole rings is 1. The zero-order chi connectivity index (χ0) is 42.1. The molecule has 1 aliphatic rings. The highest BCUT2D eigenvalue weighted by Gasteiger charge is 2.45. The van der Waals surface area contributed by atoms with Crippen LogP contribution in [0.2, 0.25) is 0 Å². The second-order valence-electron chi connectivity index (χ2n) is 15.6. The van der Waals surface area contributed by atoms with Gasteiger partial charge in [0.25, 0.3) is 0 Å². The minimum atomic E-state index is -0.964. The first kappa shape index (κ1) is 40.6. The third kappa shape index (κ3) is 8.67. The average Bonchev–Trinajstić information content (AvgIpc) is 3.90. The van der Waals surface area contributed by atoms with Crippen LogP contribution < -0.4 is 14.8 Å². The van der Waals surface area contributed by atoms with Crippen molar-refractivity contribution in [3.8, 4) is 11.6 Å². The number of hydrogen-bond acceptors (Lipinski definition) is 9. The van der Waals surface area contributed by atoms with Gasteiger partial charge in [-0.2, -0.15) is 9.97 Å². The summed E-state index contributed by atoms with van der Waals surface area (Å²) >= 11 is 0. The van der Waals surface area contributed by atoms with Gasteiger partial charge in [-0.15, -0.1) is 0 Å². The molecule has 4 atom stereocenters. The van der Waals surface area contributed by atoms with E-state index in [1.165, 1.54) is 0 Å². The van der Waals surface area contributed by atoms with Crippen molar-refractivity contribution in [3.63, 3.8) is 0 Å². The van der Waals surface area contributed by atoms with Gasteiger partial charge in [0.2, 0.25) is 11.8 Å². The number of nitrogens with one attached hydrogen (secondary N) is 1. The van der Waals surface area contributed by atoms with Crippen molar-refractivity contribution in [1.82, 2.24) is 19.5 Å². The maximum Gasteiger partial charge on any atom is 0.247 e. The quantitative estimate of drug-likeness (QED) is 0.0868. The van der Waals surface area contributed by atoms with Crippen LogP contribution in [0.4, 0.5) is 5.95 Å². The van der Waals surface area contributed by atoms with Gasteiger partial charge in [0.05, 0.1) is 51.5 Å². The van der Waals surface area contributed by atoms with Gasteiger partial charge < -0.3 is 33.9 Å². The number of aliphatic hydroxyl groups excluding tert-OH is 1. The molecule has 0 radical (unpaired) electrons. The fraction of sp³-hybridized carbons (Fsp3) is 0.212. The van der Waals surface area contributed by atoms with Crippen LogP contribution in [-0.4, -0.2) is 50.6 Å². The third-order valence-electron chi connectivity index (χ3n) is 11.7. The van der Waals surface area contributed by atoms with Crippen LogP contribution in [0.15, 0.2) is 182 Å². The highest BCUT2D eigenvalue weighted by Crippen LogP contribution is 2.43. The van der Waals surface area contributed by atoms with E-state index in [-0.39, 0.29) is 18.6 Å². The summed E-state index contributed by atoms with van der Waals surface area (Å²) in [6.45, 7) is 1.41. The Labute approximate surface area is 361 Å². The van der Waals surface area contributed by atoms with Gasteiger partial charge in [0.15, 0.2) is 11.2 Å². The molecular formula is C52H49N5O5. The minimum Gasteiger partial charge on any atom is -0.497 e. The molecule has 62 heavy (non-hydrogen) atoms. The molecule has 10 heteroatoms. The highest BCUT2D eigenvalue weighted by molar-refractivity contribution is 5.78. The second-order valence-corrected chi connectivity index (χ2v) is 15.6. The maximum absolute atomic E-state index is 12.3. The van der Waals surface area contributed by atoms with Crippen molar-refractivity contribution >= 4 is 17.1 Å². The van der Waals surface area contributed by atoms with E-state index in [9.17, 15) is 5.11 Å². The number of nitrogens with zero attached hydrogens (tertiary/aromatic N) is 4. The van der Waals surface area contributed by atoms with Gasteiger partial charge in [0, 0.05) is 5.92 Å². The second kappa shape index (κ2) is 18.8. The molecule has 0 spiro atoms. The summed E-state index contributed by atoms with van der Waals surface area (Å²) in [5, 5.41) is 16.1. The normalized spacial score (nSPS) is 17.5. The van der Waals surface area contributed by atoms with Gasteiger partial charge in [-0.3, -0.25) is 0 Å². The van der Waals surface area contributed by atoms with Crippen molar-refractivity contribution in [2.75, 3.05) is 19.0 Å². The van der Waals surface area contributed by atoms with Crippen LogP contribution in [0.5, 0.6) is 11.6 Å². The topological polar surface area (TPSA) is 113 Å². The smallest absolute Gasteiger partial charge is 0.247 e. The molecule has 1 fully saturated rings. The molecule has 8 aromatic rings. The third-order valence-corrected chi connectivity index (χ3v) is 11.7. The summed E-state index contributed by atoms with van der Waals surface area (Å²) in [7, 11) is 1.66. The number of benzene rings is 6. The van der Waals surface area contributed by atoms with E-state index < -0.39 is 17.7 Å². The van der Waals surface area contributed by atoms with E-state index in [2.05, 4.69) is 41.7 Å². The standard InChI is InChI=1S/C52H49N5O5/c1-59-43-29-27-42(28-30-43)52(40-23-13-5-14-24-40,41-25-15-6-16-26-41)56-51-54-49-47(50(55-51)62-34-39-21-11-4-12-22-39)53-36-57(49)45-31-46(61-33-38-19-9-3-10-20-38)44(48(45)58)35-60-32-37-17-7-2-8-18-37/h2-30,36,44-46,48,58H,31-35H2,1H3,(H,54,55,56). The van der Waals surface area contributed by atoms with E-state index in [1.54, 1.807) is 13.4 Å². The molecule has 2 heterocycles. The van der Waals surface area contributed by atoms with E-state index in [4.69, 9.17) is 33.9 Å². The lowest BCUT2D eigenvalue weighted by Crippen LogP contribution is -2.38. The maximum atomic E-state index is 12.3. The summed E-state index contributed by atoms with van der Waals surface area (Å²) in [5.41, 5.74) is 6.05. The first-order chi connectivity index (χ1) is 30.6. The zero-order valence-corrected chi connectivity index (χ0v) is 34.5. The molecule has 1 aliphatic carbocycles. The number of fused-ring (bicyclic) bond motifs is 1. The summed E-state index contributed by atoms with van der Waals surface area (Å²) in [5.74, 6) is 1.05. The van der Waals surface area contributed by atoms with Gasteiger partial charge in [-0.05, 0) is 51.9 Å². The van der Waals surface area contributed by atoms with Crippen LogP contribution >= 0.6 is 0 Å². The Balaban J connectivity index is 1.13. The lowest BCUT2D eigenvalue weighted by Gasteiger charge is -2.37. The number of hydrogen-bond donors (Lipinski definition) is 2. The van der Waals surface area contributed by atoms with Gasteiger partial charge >= 0.3 is 0 Å². The molecule has 9 rings (SSSR count). The predicted octanol–water partition coefficient (Wildman–Crippen LogP) is 9.54. The van der Waals surface area contributed by atoms with Gasteiger partial charge in [-0.25, -0.2) is 4.98 Å². The monoisotopic (exact) mass is 823 g/mol. The molecule has 1 saturated carbocycles. The lowest BCUT2D eigenvalue weighted by molar-refractivity contribution is -0.0475. The number of ether oxygens (including phenoxy) is 4. The molecule has 4 unspecified atom stereocenters. The molecule has 2 N–H and O–H groups in total. The van der Waals surface area contributed by atoms with Crippen LogP contribution in [0.1, 0.15) is 45.8 Å². The van der Waals surface area contributed by atoms with Crippen molar-refractivity contribution < 1.29 is 24.1 Å².